The minimum absolute atomic E-state index is 0.00802. The molecule has 0 radical (unpaired) electrons. The molecule has 0 spiro atoms. The molecule has 17 heavy (non-hydrogen) atoms. The van der Waals surface area contributed by atoms with E-state index in [-0.39, 0.29) is 11.9 Å². The molecular formula is C12H18N2OS2. The maximum Gasteiger partial charge on any atom is 0.240 e. The number of likely N-dealkylation sites (N-methyl/N-ethyl adjacent to an activating group) is 1. The first-order chi connectivity index (χ1) is 8.31. The molecule has 94 valence electrons. The van der Waals surface area contributed by atoms with E-state index in [0.717, 1.165) is 31.1 Å². The van der Waals surface area contributed by atoms with Crippen LogP contribution < -0.4 is 5.32 Å². The van der Waals surface area contributed by atoms with Crippen LogP contribution in [0, 0.1) is 0 Å². The van der Waals surface area contributed by atoms with Crippen LogP contribution in [0.25, 0.3) is 0 Å². The lowest BCUT2D eigenvalue weighted by molar-refractivity contribution is -0.133. The average Bonchev–Trinajstić information content (AvgIpc) is 2.89. The van der Waals surface area contributed by atoms with Gasteiger partial charge in [0.05, 0.1) is 12.6 Å². The molecule has 2 rings (SSSR count). The Hall–Kier alpha value is -0.520. The fourth-order valence-corrected chi connectivity index (χ4v) is 3.53. The standard InChI is InChI=1S/C12H18N2OS2/c1-2-14(8-10-4-3-6-17-10)12(15)11-9-16-7-5-13-11/h3-4,6,11,13H,2,5,7-9H2,1H3. The van der Waals surface area contributed by atoms with Gasteiger partial charge in [-0.2, -0.15) is 11.8 Å². The van der Waals surface area contributed by atoms with Crippen LogP contribution in [0.2, 0.25) is 0 Å². The fraction of sp³-hybridized carbons (Fsp3) is 0.583. The molecule has 1 aliphatic rings. The monoisotopic (exact) mass is 270 g/mol. The van der Waals surface area contributed by atoms with E-state index in [1.807, 2.05) is 29.7 Å². The van der Waals surface area contributed by atoms with Crippen LogP contribution in [-0.4, -0.2) is 41.4 Å². The van der Waals surface area contributed by atoms with Gasteiger partial charge in [-0.15, -0.1) is 11.3 Å². The molecule has 1 amide bonds. The molecule has 2 heterocycles. The molecule has 0 saturated carbocycles. The van der Waals surface area contributed by atoms with Crippen LogP contribution in [0.3, 0.4) is 0 Å². The highest BCUT2D eigenvalue weighted by Gasteiger charge is 2.25. The second-order valence-corrected chi connectivity index (χ2v) is 6.20. The Bertz CT molecular complexity index is 347. The number of carbonyl (C=O) groups is 1. The van der Waals surface area contributed by atoms with E-state index >= 15 is 0 Å². The van der Waals surface area contributed by atoms with Gasteiger partial charge in [-0.1, -0.05) is 6.07 Å². The zero-order chi connectivity index (χ0) is 12.1. The topological polar surface area (TPSA) is 32.3 Å². The highest BCUT2D eigenvalue weighted by molar-refractivity contribution is 7.99. The fourth-order valence-electron chi connectivity index (χ4n) is 1.88. The summed E-state index contributed by atoms with van der Waals surface area (Å²) < 4.78 is 0. The summed E-state index contributed by atoms with van der Waals surface area (Å²) in [7, 11) is 0. The van der Waals surface area contributed by atoms with Gasteiger partial charge in [0, 0.05) is 29.5 Å². The number of thiophene rings is 1. The highest BCUT2D eigenvalue weighted by Crippen LogP contribution is 2.15. The molecule has 3 nitrogen and oxygen atoms in total. The van der Waals surface area contributed by atoms with Crippen LogP contribution in [0.1, 0.15) is 11.8 Å². The molecule has 0 bridgehead atoms. The minimum atomic E-state index is 0.00802. The third kappa shape index (κ3) is 3.47. The first-order valence-electron chi connectivity index (χ1n) is 5.93. The summed E-state index contributed by atoms with van der Waals surface area (Å²) >= 11 is 3.57. The largest absolute Gasteiger partial charge is 0.336 e. The number of carbonyl (C=O) groups excluding carboxylic acids is 1. The van der Waals surface area contributed by atoms with Crippen LogP contribution in [0.5, 0.6) is 0 Å². The third-order valence-corrected chi connectivity index (χ3v) is 4.76. The first-order valence-corrected chi connectivity index (χ1v) is 7.97. The van der Waals surface area contributed by atoms with Gasteiger partial charge in [-0.3, -0.25) is 4.79 Å². The maximum absolute atomic E-state index is 12.3. The lowest BCUT2D eigenvalue weighted by Gasteiger charge is -2.28. The first kappa shape index (κ1) is 12.9. The second-order valence-electron chi connectivity index (χ2n) is 4.01. The van der Waals surface area contributed by atoms with E-state index in [1.165, 1.54) is 4.88 Å². The van der Waals surface area contributed by atoms with Crippen molar-refractivity contribution >= 4 is 29.0 Å². The number of rotatable bonds is 4. The van der Waals surface area contributed by atoms with Gasteiger partial charge < -0.3 is 10.2 Å². The van der Waals surface area contributed by atoms with E-state index < -0.39 is 0 Å². The highest BCUT2D eigenvalue weighted by atomic mass is 32.2. The molecule has 1 unspecified atom stereocenters. The molecule has 1 aromatic heterocycles. The molecule has 0 aromatic carbocycles. The Morgan fingerprint density at radius 2 is 2.53 bits per heavy atom. The third-order valence-electron chi connectivity index (χ3n) is 2.84. The van der Waals surface area contributed by atoms with Gasteiger partial charge in [0.2, 0.25) is 5.91 Å². The molecule has 1 fully saturated rings. The molecule has 1 aromatic rings. The van der Waals surface area contributed by atoms with Crippen LogP contribution in [0.15, 0.2) is 17.5 Å². The summed E-state index contributed by atoms with van der Waals surface area (Å²) in [6.45, 7) is 4.51. The van der Waals surface area contributed by atoms with E-state index in [0.29, 0.717) is 0 Å². The summed E-state index contributed by atoms with van der Waals surface area (Å²) in [5, 5.41) is 5.36. The SMILES string of the molecule is CCN(Cc1cccs1)C(=O)C1CSCCN1. The lowest BCUT2D eigenvalue weighted by atomic mass is 10.2. The number of hydrogen-bond acceptors (Lipinski definition) is 4. The Labute approximate surface area is 111 Å². The smallest absolute Gasteiger partial charge is 0.240 e. The zero-order valence-corrected chi connectivity index (χ0v) is 11.6. The molecule has 5 heteroatoms. The van der Waals surface area contributed by atoms with Crippen LogP contribution in [-0.2, 0) is 11.3 Å². The normalized spacial score (nSPS) is 20.2. The summed E-state index contributed by atoms with van der Waals surface area (Å²) in [5.41, 5.74) is 0. The Kier molecular flexibility index (Phi) is 4.88. The van der Waals surface area contributed by atoms with E-state index in [9.17, 15) is 4.79 Å². The van der Waals surface area contributed by atoms with Gasteiger partial charge >= 0.3 is 0 Å². The summed E-state index contributed by atoms with van der Waals surface area (Å²) in [6.07, 6.45) is 0. The van der Waals surface area contributed by atoms with E-state index in [1.54, 1.807) is 11.3 Å². The van der Waals surface area contributed by atoms with Crippen molar-refractivity contribution in [2.75, 3.05) is 24.6 Å². The number of nitrogens with one attached hydrogen (secondary N) is 1. The average molecular weight is 270 g/mol. The number of thioether (sulfide) groups is 1. The zero-order valence-electron chi connectivity index (χ0n) is 10.0. The predicted molar refractivity (Wildman–Crippen MR) is 74.5 cm³/mol. The van der Waals surface area contributed by atoms with Crippen LogP contribution in [0.4, 0.5) is 0 Å². The Balaban J connectivity index is 1.94. The van der Waals surface area contributed by atoms with Crippen molar-refractivity contribution in [3.05, 3.63) is 22.4 Å². The van der Waals surface area contributed by atoms with Gasteiger partial charge in [0.25, 0.3) is 0 Å². The van der Waals surface area contributed by atoms with Gasteiger partial charge in [0.15, 0.2) is 0 Å². The van der Waals surface area contributed by atoms with Crippen molar-refractivity contribution in [3.63, 3.8) is 0 Å². The van der Waals surface area contributed by atoms with Crippen molar-refractivity contribution in [2.45, 2.75) is 19.5 Å². The summed E-state index contributed by atoms with van der Waals surface area (Å²) in [5.74, 6) is 2.26. The number of nitrogens with zero attached hydrogens (tertiary/aromatic N) is 1. The van der Waals surface area contributed by atoms with Crippen molar-refractivity contribution in [3.8, 4) is 0 Å². The predicted octanol–water partition coefficient (Wildman–Crippen LogP) is 1.80. The van der Waals surface area contributed by atoms with Crippen molar-refractivity contribution < 1.29 is 4.79 Å². The Morgan fingerprint density at radius 3 is 3.12 bits per heavy atom. The van der Waals surface area contributed by atoms with E-state index in [2.05, 4.69) is 16.8 Å². The molecule has 0 aliphatic carbocycles. The maximum atomic E-state index is 12.3. The molecule has 1 saturated heterocycles. The van der Waals surface area contributed by atoms with Gasteiger partial charge in [-0.25, -0.2) is 0 Å². The molecule has 1 aliphatic heterocycles. The number of hydrogen-bond donors (Lipinski definition) is 1. The number of amides is 1. The lowest BCUT2D eigenvalue weighted by Crippen LogP contribution is -2.50. The van der Waals surface area contributed by atoms with Crippen LogP contribution >= 0.6 is 23.1 Å². The Morgan fingerprint density at radius 1 is 1.65 bits per heavy atom. The molecule has 1 N–H and O–H groups in total. The second kappa shape index (κ2) is 6.42. The molecular weight excluding hydrogens is 252 g/mol. The molecule has 1 atom stereocenters. The quantitative estimate of drug-likeness (QED) is 0.905. The van der Waals surface area contributed by atoms with E-state index in [4.69, 9.17) is 0 Å². The van der Waals surface area contributed by atoms with Gasteiger partial charge in [-0.05, 0) is 18.4 Å². The van der Waals surface area contributed by atoms with Crippen molar-refractivity contribution in [2.24, 2.45) is 0 Å². The summed E-state index contributed by atoms with van der Waals surface area (Å²) in [4.78, 5) is 15.5. The van der Waals surface area contributed by atoms with Crippen molar-refractivity contribution in [1.82, 2.24) is 10.2 Å². The van der Waals surface area contributed by atoms with Crippen molar-refractivity contribution in [1.29, 1.82) is 0 Å². The summed E-state index contributed by atoms with van der Waals surface area (Å²) in [6, 6.07) is 4.13. The van der Waals surface area contributed by atoms with Gasteiger partial charge in [0.1, 0.15) is 0 Å². The minimum Gasteiger partial charge on any atom is -0.336 e.